The van der Waals surface area contributed by atoms with Crippen LogP contribution in [0.5, 0.6) is 0 Å². The molecule has 0 N–H and O–H groups in total. The van der Waals surface area contributed by atoms with Crippen molar-refractivity contribution in [1.82, 2.24) is 0 Å². The Bertz CT molecular complexity index is 855. The van der Waals surface area contributed by atoms with E-state index in [1.165, 1.54) is 68.9 Å². The highest BCUT2D eigenvalue weighted by molar-refractivity contribution is 5.43. The van der Waals surface area contributed by atoms with E-state index in [-0.39, 0.29) is 5.41 Å². The minimum atomic E-state index is 0.253. The van der Waals surface area contributed by atoms with Gasteiger partial charge in [0.25, 0.3) is 0 Å². The van der Waals surface area contributed by atoms with E-state index in [2.05, 4.69) is 61.1 Å². The Morgan fingerprint density at radius 1 is 0.871 bits per heavy atom. The molecule has 5 aliphatic carbocycles. The summed E-state index contributed by atoms with van der Waals surface area (Å²) in [5.74, 6) is 3.00. The smallest absolute Gasteiger partial charge is 0.00485 e. The van der Waals surface area contributed by atoms with Crippen molar-refractivity contribution >= 4 is 0 Å². The quantitative estimate of drug-likeness (QED) is 0.343. The molecule has 5 rings (SSSR count). The van der Waals surface area contributed by atoms with Gasteiger partial charge in [0, 0.05) is 0 Å². The Kier molecular flexibility index (Phi) is 4.56. The molecule has 0 heteroatoms. The van der Waals surface area contributed by atoms with Crippen molar-refractivity contribution in [3.8, 4) is 0 Å². The molecule has 4 fully saturated rings. The molecule has 0 nitrogen and oxygen atoms in total. The summed E-state index contributed by atoms with van der Waals surface area (Å²) < 4.78 is 0. The highest BCUT2D eigenvalue weighted by Crippen LogP contribution is 2.76. The highest BCUT2D eigenvalue weighted by Gasteiger charge is 2.67. The minimum absolute atomic E-state index is 0.253. The fraction of sp³-hybridized carbons (Fsp3) is 0.806. The number of hydrogen-bond acceptors (Lipinski definition) is 0. The molecule has 0 spiro atoms. The van der Waals surface area contributed by atoms with Gasteiger partial charge in [-0.2, -0.15) is 0 Å². The zero-order chi connectivity index (χ0) is 22.6. The molecular formula is C31H48. The number of fused-ring (bicyclic) bond motifs is 7. The summed E-state index contributed by atoms with van der Waals surface area (Å²) in [5, 5.41) is 0. The third-order valence-electron chi connectivity index (χ3n) is 12.7. The second kappa shape index (κ2) is 6.42. The number of rotatable bonds is 0. The largest absolute Gasteiger partial charge is 0.0993 e. The van der Waals surface area contributed by atoms with Crippen LogP contribution in [0.15, 0.2) is 36.0 Å². The Hall–Kier alpha value is -0.780. The van der Waals surface area contributed by atoms with E-state index in [0.29, 0.717) is 27.6 Å². The summed E-state index contributed by atoms with van der Waals surface area (Å²) in [4.78, 5) is 0. The minimum Gasteiger partial charge on any atom is -0.0993 e. The molecule has 0 aliphatic heterocycles. The monoisotopic (exact) mass is 420 g/mol. The van der Waals surface area contributed by atoms with Gasteiger partial charge in [-0.1, -0.05) is 90.8 Å². The van der Waals surface area contributed by atoms with Gasteiger partial charge in [-0.05, 0) is 102 Å². The van der Waals surface area contributed by atoms with Crippen LogP contribution in [-0.4, -0.2) is 0 Å². The van der Waals surface area contributed by atoms with Gasteiger partial charge in [0.15, 0.2) is 0 Å². The van der Waals surface area contributed by atoms with Crippen molar-refractivity contribution < 1.29 is 0 Å². The SMILES string of the molecule is C=C1C=C2C3CC(C)CCC3(C)CCC2(C)C2(C)CCC3C(C)(C)C(=C)CCC3(C)C12. The molecule has 172 valence electrons. The summed E-state index contributed by atoms with van der Waals surface area (Å²) in [6.45, 7) is 27.5. The van der Waals surface area contributed by atoms with E-state index in [9.17, 15) is 0 Å². The Balaban J connectivity index is 1.63. The molecule has 0 saturated heterocycles. The van der Waals surface area contributed by atoms with Crippen LogP contribution in [0.25, 0.3) is 0 Å². The van der Waals surface area contributed by atoms with Gasteiger partial charge >= 0.3 is 0 Å². The van der Waals surface area contributed by atoms with Crippen molar-refractivity contribution in [2.75, 3.05) is 0 Å². The third-order valence-corrected chi connectivity index (χ3v) is 12.7. The second-order valence-corrected chi connectivity index (χ2v) is 14.4. The maximum absolute atomic E-state index is 4.85. The van der Waals surface area contributed by atoms with Crippen molar-refractivity contribution in [3.05, 3.63) is 36.0 Å². The van der Waals surface area contributed by atoms with Crippen LogP contribution in [0.4, 0.5) is 0 Å². The molecule has 0 radical (unpaired) electrons. The zero-order valence-corrected chi connectivity index (χ0v) is 21.7. The first-order valence-electron chi connectivity index (χ1n) is 13.4. The summed E-state index contributed by atoms with van der Waals surface area (Å²) >= 11 is 0. The van der Waals surface area contributed by atoms with Gasteiger partial charge in [0.1, 0.15) is 0 Å². The Morgan fingerprint density at radius 3 is 2.29 bits per heavy atom. The van der Waals surface area contributed by atoms with Crippen LogP contribution in [0.3, 0.4) is 0 Å². The van der Waals surface area contributed by atoms with Crippen LogP contribution in [0.2, 0.25) is 0 Å². The van der Waals surface area contributed by atoms with Gasteiger partial charge < -0.3 is 0 Å². The van der Waals surface area contributed by atoms with Gasteiger partial charge in [-0.3, -0.25) is 0 Å². The Morgan fingerprint density at radius 2 is 1.58 bits per heavy atom. The molecule has 31 heavy (non-hydrogen) atoms. The standard InChI is InChI=1S/C31H48/c1-20-10-13-28(6)16-17-30(8)24(23(28)18-20)19-21(2)26-29(7)14-11-22(3)27(4,5)25(29)12-15-31(26,30)9/h19-20,23,25-26H,2-3,10-18H2,1,4-9H3. The summed E-state index contributed by atoms with van der Waals surface area (Å²) in [5.41, 5.74) is 6.60. The van der Waals surface area contributed by atoms with E-state index in [1.807, 2.05) is 5.57 Å². The Labute approximate surface area is 193 Å². The molecule has 0 heterocycles. The van der Waals surface area contributed by atoms with Gasteiger partial charge in [-0.15, -0.1) is 0 Å². The number of allylic oxidation sites excluding steroid dienone is 4. The van der Waals surface area contributed by atoms with Crippen LogP contribution in [0.1, 0.15) is 106 Å². The lowest BCUT2D eigenvalue weighted by Crippen LogP contribution is -2.63. The van der Waals surface area contributed by atoms with E-state index < -0.39 is 0 Å². The van der Waals surface area contributed by atoms with Crippen LogP contribution >= 0.6 is 0 Å². The predicted octanol–water partition coefficient (Wildman–Crippen LogP) is 9.14. The second-order valence-electron chi connectivity index (χ2n) is 14.4. The molecular weight excluding hydrogens is 372 g/mol. The van der Waals surface area contributed by atoms with E-state index >= 15 is 0 Å². The molecule has 4 saturated carbocycles. The predicted molar refractivity (Wildman–Crippen MR) is 134 cm³/mol. The van der Waals surface area contributed by atoms with E-state index in [1.54, 1.807) is 0 Å². The summed E-state index contributed by atoms with van der Waals surface area (Å²) in [6.07, 6.45) is 15.0. The average Bonchev–Trinajstić information content (AvgIpc) is 2.68. The molecule has 8 unspecified atom stereocenters. The lowest BCUT2D eigenvalue weighted by atomic mass is 9.33. The first-order chi connectivity index (χ1) is 14.3. The molecule has 0 amide bonds. The van der Waals surface area contributed by atoms with Crippen LogP contribution < -0.4 is 0 Å². The lowest BCUT2D eigenvalue weighted by Gasteiger charge is -2.71. The average molecular weight is 421 g/mol. The van der Waals surface area contributed by atoms with Crippen molar-refractivity contribution in [3.63, 3.8) is 0 Å². The molecule has 0 aromatic rings. The first kappa shape index (κ1) is 22.0. The van der Waals surface area contributed by atoms with Crippen molar-refractivity contribution in [2.45, 2.75) is 106 Å². The molecule has 8 atom stereocenters. The fourth-order valence-corrected chi connectivity index (χ4v) is 10.3. The van der Waals surface area contributed by atoms with Gasteiger partial charge in [0.05, 0.1) is 0 Å². The van der Waals surface area contributed by atoms with Crippen LogP contribution in [-0.2, 0) is 0 Å². The van der Waals surface area contributed by atoms with Crippen molar-refractivity contribution in [2.24, 2.45) is 50.7 Å². The highest BCUT2D eigenvalue weighted by atomic mass is 14.7. The normalized spacial score (nSPS) is 53.6. The zero-order valence-electron chi connectivity index (χ0n) is 21.7. The molecule has 5 aliphatic rings. The first-order valence-corrected chi connectivity index (χ1v) is 13.4. The number of hydrogen-bond donors (Lipinski definition) is 0. The van der Waals surface area contributed by atoms with Gasteiger partial charge in [0.2, 0.25) is 0 Å². The maximum atomic E-state index is 4.85. The van der Waals surface area contributed by atoms with Crippen LogP contribution in [0, 0.1) is 50.7 Å². The third kappa shape index (κ3) is 2.60. The van der Waals surface area contributed by atoms with E-state index in [4.69, 9.17) is 6.58 Å². The van der Waals surface area contributed by atoms with E-state index in [0.717, 1.165) is 17.8 Å². The summed E-state index contributed by atoms with van der Waals surface area (Å²) in [7, 11) is 0. The fourth-order valence-electron chi connectivity index (χ4n) is 10.3. The maximum Gasteiger partial charge on any atom is -0.00485 e. The molecule has 0 aromatic heterocycles. The van der Waals surface area contributed by atoms with Gasteiger partial charge in [-0.25, -0.2) is 0 Å². The van der Waals surface area contributed by atoms with Crippen molar-refractivity contribution in [1.29, 1.82) is 0 Å². The summed E-state index contributed by atoms with van der Waals surface area (Å²) in [6, 6.07) is 0. The molecule has 0 bridgehead atoms. The molecule has 0 aromatic carbocycles. The topological polar surface area (TPSA) is 0 Å². The lowest BCUT2D eigenvalue weighted by molar-refractivity contribution is -0.152.